The van der Waals surface area contributed by atoms with Gasteiger partial charge in [0.15, 0.2) is 11.5 Å². The topological polar surface area (TPSA) is 47.6 Å². The van der Waals surface area contributed by atoms with Crippen LogP contribution in [0.15, 0.2) is 72.8 Å². The fourth-order valence-electron chi connectivity index (χ4n) is 2.82. The standard InChI is InChI=1S/C23H23NO3/c1-16(2)27-21-14-13-18(15-22(21)26-3)23(25)24-20-12-8-7-11-19(20)17-9-5-4-6-10-17/h4-16H,1-3H3,(H,24,25). The fourth-order valence-corrected chi connectivity index (χ4v) is 2.82. The Bertz CT molecular complexity index is 920. The highest BCUT2D eigenvalue weighted by Gasteiger charge is 2.14. The van der Waals surface area contributed by atoms with E-state index in [9.17, 15) is 4.79 Å². The molecule has 4 heteroatoms. The first-order chi connectivity index (χ1) is 13.1. The maximum atomic E-state index is 12.8. The molecular formula is C23H23NO3. The van der Waals surface area contributed by atoms with Crippen molar-refractivity contribution in [2.75, 3.05) is 12.4 Å². The van der Waals surface area contributed by atoms with E-state index in [1.54, 1.807) is 25.3 Å². The number of rotatable bonds is 6. The van der Waals surface area contributed by atoms with E-state index in [-0.39, 0.29) is 12.0 Å². The Morgan fingerprint density at radius 3 is 2.30 bits per heavy atom. The van der Waals surface area contributed by atoms with Crippen molar-refractivity contribution in [2.45, 2.75) is 20.0 Å². The van der Waals surface area contributed by atoms with Crippen LogP contribution in [-0.4, -0.2) is 19.1 Å². The van der Waals surface area contributed by atoms with Gasteiger partial charge in [0.05, 0.1) is 13.2 Å². The molecule has 27 heavy (non-hydrogen) atoms. The third kappa shape index (κ3) is 4.47. The smallest absolute Gasteiger partial charge is 0.255 e. The first kappa shape index (κ1) is 18.5. The highest BCUT2D eigenvalue weighted by Crippen LogP contribution is 2.31. The summed E-state index contributed by atoms with van der Waals surface area (Å²) in [4.78, 5) is 12.8. The van der Waals surface area contributed by atoms with Gasteiger partial charge in [-0.3, -0.25) is 4.79 Å². The van der Waals surface area contributed by atoms with Gasteiger partial charge in [-0.05, 0) is 43.7 Å². The molecule has 0 aliphatic carbocycles. The second-order valence-corrected chi connectivity index (χ2v) is 6.40. The molecule has 1 N–H and O–H groups in total. The monoisotopic (exact) mass is 361 g/mol. The van der Waals surface area contributed by atoms with E-state index in [0.29, 0.717) is 17.1 Å². The summed E-state index contributed by atoms with van der Waals surface area (Å²) in [5.41, 5.74) is 3.28. The van der Waals surface area contributed by atoms with Gasteiger partial charge in [0.25, 0.3) is 5.91 Å². The van der Waals surface area contributed by atoms with Crippen molar-refractivity contribution in [3.05, 3.63) is 78.4 Å². The summed E-state index contributed by atoms with van der Waals surface area (Å²) < 4.78 is 11.1. The molecule has 0 radical (unpaired) electrons. The lowest BCUT2D eigenvalue weighted by molar-refractivity contribution is 0.102. The van der Waals surface area contributed by atoms with E-state index in [4.69, 9.17) is 9.47 Å². The van der Waals surface area contributed by atoms with Gasteiger partial charge < -0.3 is 14.8 Å². The zero-order chi connectivity index (χ0) is 19.2. The van der Waals surface area contributed by atoms with Crippen LogP contribution >= 0.6 is 0 Å². The number of methoxy groups -OCH3 is 1. The van der Waals surface area contributed by atoms with Gasteiger partial charge in [-0.2, -0.15) is 0 Å². The largest absolute Gasteiger partial charge is 0.493 e. The Morgan fingerprint density at radius 2 is 1.59 bits per heavy atom. The zero-order valence-electron chi connectivity index (χ0n) is 15.7. The third-order valence-corrected chi connectivity index (χ3v) is 4.05. The van der Waals surface area contributed by atoms with Gasteiger partial charge in [-0.25, -0.2) is 0 Å². The van der Waals surface area contributed by atoms with Gasteiger partial charge in [0, 0.05) is 16.8 Å². The Morgan fingerprint density at radius 1 is 0.889 bits per heavy atom. The molecule has 1 amide bonds. The van der Waals surface area contributed by atoms with Gasteiger partial charge in [0.1, 0.15) is 0 Å². The number of carbonyl (C=O) groups excluding carboxylic acids is 1. The lowest BCUT2D eigenvalue weighted by Gasteiger charge is -2.15. The predicted molar refractivity (Wildman–Crippen MR) is 109 cm³/mol. The molecule has 3 rings (SSSR count). The summed E-state index contributed by atoms with van der Waals surface area (Å²) in [6.07, 6.45) is 0.0244. The highest BCUT2D eigenvalue weighted by molar-refractivity contribution is 6.06. The van der Waals surface area contributed by atoms with Crippen LogP contribution in [0.2, 0.25) is 0 Å². The normalized spacial score (nSPS) is 10.5. The number of ether oxygens (including phenoxy) is 2. The molecule has 0 aromatic heterocycles. The lowest BCUT2D eigenvalue weighted by atomic mass is 10.0. The molecule has 0 bridgehead atoms. The van der Waals surface area contributed by atoms with Crippen LogP contribution in [0.25, 0.3) is 11.1 Å². The van der Waals surface area contributed by atoms with Crippen molar-refractivity contribution < 1.29 is 14.3 Å². The maximum Gasteiger partial charge on any atom is 0.255 e. The number of amides is 1. The van der Waals surface area contributed by atoms with Crippen molar-refractivity contribution in [1.29, 1.82) is 0 Å². The second kappa shape index (κ2) is 8.41. The summed E-state index contributed by atoms with van der Waals surface area (Å²) >= 11 is 0. The molecule has 3 aromatic rings. The zero-order valence-corrected chi connectivity index (χ0v) is 15.7. The molecule has 0 saturated heterocycles. The van der Waals surface area contributed by atoms with Crippen molar-refractivity contribution in [3.8, 4) is 22.6 Å². The lowest BCUT2D eigenvalue weighted by Crippen LogP contribution is -2.13. The summed E-state index contributed by atoms with van der Waals surface area (Å²) in [6.45, 7) is 3.89. The van der Waals surface area contributed by atoms with Crippen LogP contribution in [0.1, 0.15) is 24.2 Å². The summed E-state index contributed by atoms with van der Waals surface area (Å²) in [5, 5.41) is 3.00. The Kier molecular flexibility index (Phi) is 5.77. The summed E-state index contributed by atoms with van der Waals surface area (Å²) in [5.74, 6) is 0.953. The van der Waals surface area contributed by atoms with Gasteiger partial charge in [0.2, 0.25) is 0 Å². The minimum atomic E-state index is -0.201. The number of hydrogen-bond acceptors (Lipinski definition) is 3. The molecule has 0 fully saturated rings. The summed E-state index contributed by atoms with van der Waals surface area (Å²) in [7, 11) is 1.56. The van der Waals surface area contributed by atoms with E-state index in [2.05, 4.69) is 5.32 Å². The minimum absolute atomic E-state index is 0.0244. The molecule has 0 heterocycles. The molecule has 0 aliphatic rings. The third-order valence-electron chi connectivity index (χ3n) is 4.05. The molecule has 0 atom stereocenters. The van der Waals surface area contributed by atoms with Crippen molar-refractivity contribution in [3.63, 3.8) is 0 Å². The number of hydrogen-bond donors (Lipinski definition) is 1. The first-order valence-corrected chi connectivity index (χ1v) is 8.89. The number of para-hydroxylation sites is 1. The van der Waals surface area contributed by atoms with Crippen LogP contribution in [-0.2, 0) is 0 Å². The van der Waals surface area contributed by atoms with Crippen molar-refractivity contribution in [1.82, 2.24) is 0 Å². The van der Waals surface area contributed by atoms with Gasteiger partial charge in [-0.15, -0.1) is 0 Å². The van der Waals surface area contributed by atoms with E-state index in [1.165, 1.54) is 0 Å². The number of benzene rings is 3. The van der Waals surface area contributed by atoms with Crippen LogP contribution in [0.5, 0.6) is 11.5 Å². The van der Waals surface area contributed by atoms with Crippen LogP contribution in [0.4, 0.5) is 5.69 Å². The van der Waals surface area contributed by atoms with Gasteiger partial charge in [-0.1, -0.05) is 48.5 Å². The van der Waals surface area contributed by atoms with E-state index in [0.717, 1.165) is 16.8 Å². The predicted octanol–water partition coefficient (Wildman–Crippen LogP) is 5.40. The number of nitrogens with one attached hydrogen (secondary N) is 1. The average molecular weight is 361 g/mol. The highest BCUT2D eigenvalue weighted by atomic mass is 16.5. The molecule has 3 aromatic carbocycles. The number of anilines is 1. The SMILES string of the molecule is COc1cc(C(=O)Nc2ccccc2-c2ccccc2)ccc1OC(C)C. The Balaban J connectivity index is 1.86. The molecule has 0 aliphatic heterocycles. The second-order valence-electron chi connectivity index (χ2n) is 6.40. The van der Waals surface area contributed by atoms with E-state index in [1.807, 2.05) is 68.4 Å². The quantitative estimate of drug-likeness (QED) is 0.639. The Labute approximate surface area is 159 Å². The minimum Gasteiger partial charge on any atom is -0.493 e. The molecule has 0 spiro atoms. The average Bonchev–Trinajstić information content (AvgIpc) is 2.69. The molecule has 0 unspecified atom stereocenters. The molecule has 0 saturated carbocycles. The van der Waals surface area contributed by atoms with E-state index < -0.39 is 0 Å². The Hall–Kier alpha value is -3.27. The fraction of sp³-hybridized carbons (Fsp3) is 0.174. The van der Waals surface area contributed by atoms with Crippen LogP contribution in [0.3, 0.4) is 0 Å². The molecule has 4 nitrogen and oxygen atoms in total. The van der Waals surface area contributed by atoms with Crippen molar-refractivity contribution >= 4 is 11.6 Å². The molecular weight excluding hydrogens is 338 g/mol. The number of carbonyl (C=O) groups is 1. The van der Waals surface area contributed by atoms with Crippen molar-refractivity contribution in [2.24, 2.45) is 0 Å². The van der Waals surface area contributed by atoms with Crippen LogP contribution < -0.4 is 14.8 Å². The van der Waals surface area contributed by atoms with Crippen LogP contribution in [0, 0.1) is 0 Å². The van der Waals surface area contributed by atoms with E-state index >= 15 is 0 Å². The first-order valence-electron chi connectivity index (χ1n) is 8.89. The van der Waals surface area contributed by atoms with Gasteiger partial charge >= 0.3 is 0 Å². The summed E-state index contributed by atoms with van der Waals surface area (Å²) in [6, 6.07) is 22.9. The molecule has 138 valence electrons. The maximum absolute atomic E-state index is 12.8.